The maximum Gasteiger partial charge on any atom is 0.165 e. The molecule has 0 aliphatic carbocycles. The molecule has 0 bridgehead atoms. The second kappa shape index (κ2) is 6.43. The topological polar surface area (TPSA) is 21.3 Å². The van der Waals surface area contributed by atoms with Crippen LogP contribution >= 0.6 is 15.9 Å². The molecule has 0 aromatic heterocycles. The molecule has 0 spiro atoms. The fourth-order valence-corrected chi connectivity index (χ4v) is 2.53. The van der Waals surface area contributed by atoms with Crippen LogP contribution in [0.25, 0.3) is 0 Å². The van der Waals surface area contributed by atoms with Crippen LogP contribution in [0.5, 0.6) is 5.75 Å². The Morgan fingerprint density at radius 1 is 1.14 bits per heavy atom. The number of anilines is 1. The van der Waals surface area contributed by atoms with Crippen molar-refractivity contribution in [1.82, 2.24) is 0 Å². The summed E-state index contributed by atoms with van der Waals surface area (Å²) in [4.78, 5) is 0. The number of benzene rings is 2. The van der Waals surface area contributed by atoms with Gasteiger partial charge in [0.2, 0.25) is 0 Å². The third-order valence-electron chi connectivity index (χ3n) is 3.32. The second-order valence-electron chi connectivity index (χ2n) is 4.84. The summed E-state index contributed by atoms with van der Waals surface area (Å²) in [6.45, 7) is 3.77. The zero-order chi connectivity index (χ0) is 15.6. The molecule has 21 heavy (non-hydrogen) atoms. The van der Waals surface area contributed by atoms with E-state index in [2.05, 4.69) is 21.2 Å². The molecule has 2 aromatic carbocycles. The van der Waals surface area contributed by atoms with Gasteiger partial charge in [-0.2, -0.15) is 0 Å². The van der Waals surface area contributed by atoms with Gasteiger partial charge in [-0.05, 0) is 65.2 Å². The third-order valence-corrected chi connectivity index (χ3v) is 3.92. The minimum absolute atomic E-state index is 0.162. The highest BCUT2D eigenvalue weighted by Gasteiger charge is 2.12. The highest BCUT2D eigenvalue weighted by molar-refractivity contribution is 9.10. The monoisotopic (exact) mass is 355 g/mol. The maximum absolute atomic E-state index is 13.7. The van der Waals surface area contributed by atoms with Gasteiger partial charge in [0.25, 0.3) is 0 Å². The van der Waals surface area contributed by atoms with Crippen LogP contribution in [0.3, 0.4) is 0 Å². The number of rotatable bonds is 4. The molecular formula is C16H16BrF2NO. The van der Waals surface area contributed by atoms with E-state index < -0.39 is 5.82 Å². The molecule has 0 saturated carbocycles. The zero-order valence-corrected chi connectivity index (χ0v) is 13.6. The Labute approximate surface area is 131 Å². The normalized spacial score (nSPS) is 12.1. The van der Waals surface area contributed by atoms with E-state index in [1.807, 2.05) is 13.8 Å². The summed E-state index contributed by atoms with van der Waals surface area (Å²) in [5.74, 6) is -0.546. The molecule has 0 aliphatic heterocycles. The van der Waals surface area contributed by atoms with Crippen LogP contribution in [0.4, 0.5) is 14.5 Å². The Hall–Kier alpha value is -1.62. The van der Waals surface area contributed by atoms with Crippen molar-refractivity contribution in [1.29, 1.82) is 0 Å². The van der Waals surface area contributed by atoms with Crippen LogP contribution in [0.15, 0.2) is 34.8 Å². The van der Waals surface area contributed by atoms with Crippen LogP contribution in [0, 0.1) is 18.6 Å². The fraction of sp³-hybridized carbons (Fsp3) is 0.250. The SMILES string of the molecule is COc1ccc(C(C)Nc2cc(F)c(Br)cc2C)cc1F. The second-order valence-corrected chi connectivity index (χ2v) is 5.70. The van der Waals surface area contributed by atoms with Gasteiger partial charge < -0.3 is 10.1 Å². The van der Waals surface area contributed by atoms with Gasteiger partial charge in [0.05, 0.1) is 11.6 Å². The number of methoxy groups -OCH3 is 1. The van der Waals surface area contributed by atoms with E-state index in [4.69, 9.17) is 4.74 Å². The number of nitrogens with one attached hydrogen (secondary N) is 1. The molecule has 112 valence electrons. The van der Waals surface area contributed by atoms with E-state index in [1.165, 1.54) is 19.2 Å². The smallest absolute Gasteiger partial charge is 0.165 e. The van der Waals surface area contributed by atoms with Crippen molar-refractivity contribution < 1.29 is 13.5 Å². The first-order chi connectivity index (χ1) is 9.92. The summed E-state index contributed by atoms with van der Waals surface area (Å²) in [6, 6.07) is 7.75. The first-order valence-electron chi connectivity index (χ1n) is 6.48. The summed E-state index contributed by atoms with van der Waals surface area (Å²) >= 11 is 3.15. The van der Waals surface area contributed by atoms with Crippen molar-refractivity contribution in [3.63, 3.8) is 0 Å². The molecule has 0 radical (unpaired) electrons. The summed E-state index contributed by atoms with van der Waals surface area (Å²) in [5, 5.41) is 3.19. The summed E-state index contributed by atoms with van der Waals surface area (Å²) in [7, 11) is 1.42. The van der Waals surface area contributed by atoms with Gasteiger partial charge >= 0.3 is 0 Å². The lowest BCUT2D eigenvalue weighted by atomic mass is 10.1. The van der Waals surface area contributed by atoms with Gasteiger partial charge in [-0.3, -0.25) is 0 Å². The van der Waals surface area contributed by atoms with Crippen molar-refractivity contribution in [2.45, 2.75) is 19.9 Å². The molecular weight excluding hydrogens is 340 g/mol. The number of ether oxygens (including phenoxy) is 1. The van der Waals surface area contributed by atoms with E-state index in [9.17, 15) is 8.78 Å². The first kappa shape index (κ1) is 15.8. The highest BCUT2D eigenvalue weighted by atomic mass is 79.9. The van der Waals surface area contributed by atoms with Crippen LogP contribution < -0.4 is 10.1 Å². The van der Waals surface area contributed by atoms with Crippen LogP contribution in [0.2, 0.25) is 0 Å². The lowest BCUT2D eigenvalue weighted by molar-refractivity contribution is 0.386. The fourth-order valence-electron chi connectivity index (χ4n) is 2.07. The Kier molecular flexibility index (Phi) is 4.83. The molecule has 2 aromatic rings. The van der Waals surface area contributed by atoms with Gasteiger partial charge in [-0.1, -0.05) is 6.07 Å². The van der Waals surface area contributed by atoms with Crippen molar-refractivity contribution in [3.8, 4) is 5.75 Å². The van der Waals surface area contributed by atoms with Gasteiger partial charge in [-0.25, -0.2) is 8.78 Å². The molecule has 0 fully saturated rings. The minimum atomic E-state index is -0.414. The Balaban J connectivity index is 2.23. The average Bonchev–Trinajstić information content (AvgIpc) is 2.44. The molecule has 2 rings (SSSR count). The molecule has 5 heteroatoms. The molecule has 1 unspecified atom stereocenters. The van der Waals surface area contributed by atoms with Gasteiger partial charge in [0.1, 0.15) is 5.82 Å². The largest absolute Gasteiger partial charge is 0.494 e. The third kappa shape index (κ3) is 3.53. The summed E-state index contributed by atoms with van der Waals surface area (Å²) in [5.41, 5.74) is 2.35. The molecule has 0 saturated heterocycles. The van der Waals surface area contributed by atoms with Crippen molar-refractivity contribution in [2.75, 3.05) is 12.4 Å². The zero-order valence-electron chi connectivity index (χ0n) is 12.0. The lowest BCUT2D eigenvalue weighted by Crippen LogP contribution is -2.08. The Morgan fingerprint density at radius 3 is 2.48 bits per heavy atom. The molecule has 1 atom stereocenters. The molecule has 2 nitrogen and oxygen atoms in total. The van der Waals surface area contributed by atoms with Crippen molar-refractivity contribution >= 4 is 21.6 Å². The van der Waals surface area contributed by atoms with Crippen LogP contribution in [0.1, 0.15) is 24.1 Å². The van der Waals surface area contributed by atoms with E-state index in [1.54, 1.807) is 18.2 Å². The standard InChI is InChI=1S/C16H16BrF2NO/c1-9-6-12(17)13(18)8-15(9)20-10(2)11-4-5-16(21-3)14(19)7-11/h4-8,10,20H,1-3H3. The molecule has 0 amide bonds. The van der Waals surface area contributed by atoms with Crippen molar-refractivity contribution in [3.05, 3.63) is 57.6 Å². The molecule has 1 N–H and O–H groups in total. The van der Waals surface area contributed by atoms with Gasteiger partial charge in [-0.15, -0.1) is 0 Å². The van der Waals surface area contributed by atoms with E-state index in [-0.39, 0.29) is 17.6 Å². The van der Waals surface area contributed by atoms with Crippen LogP contribution in [-0.4, -0.2) is 7.11 Å². The van der Waals surface area contributed by atoms with E-state index in [0.29, 0.717) is 10.2 Å². The predicted octanol–water partition coefficient (Wildman–Crippen LogP) is 5.22. The van der Waals surface area contributed by atoms with E-state index >= 15 is 0 Å². The van der Waals surface area contributed by atoms with Gasteiger partial charge in [0.15, 0.2) is 11.6 Å². The minimum Gasteiger partial charge on any atom is -0.494 e. The number of hydrogen-bond acceptors (Lipinski definition) is 2. The summed E-state index contributed by atoms with van der Waals surface area (Å²) in [6.07, 6.45) is 0. The summed E-state index contributed by atoms with van der Waals surface area (Å²) < 4.78 is 32.7. The lowest BCUT2D eigenvalue weighted by Gasteiger charge is -2.18. The maximum atomic E-state index is 13.7. The predicted molar refractivity (Wildman–Crippen MR) is 83.8 cm³/mol. The Bertz CT molecular complexity index is 661. The van der Waals surface area contributed by atoms with Gasteiger partial charge in [0, 0.05) is 11.7 Å². The number of aryl methyl sites for hydroxylation is 1. The molecule has 0 aliphatic rings. The highest BCUT2D eigenvalue weighted by Crippen LogP contribution is 2.28. The number of hydrogen-bond donors (Lipinski definition) is 1. The molecule has 0 heterocycles. The quantitative estimate of drug-likeness (QED) is 0.811. The van der Waals surface area contributed by atoms with Crippen molar-refractivity contribution in [2.24, 2.45) is 0 Å². The average molecular weight is 356 g/mol. The Morgan fingerprint density at radius 2 is 1.86 bits per heavy atom. The first-order valence-corrected chi connectivity index (χ1v) is 7.27. The van der Waals surface area contributed by atoms with E-state index in [0.717, 1.165) is 11.1 Å². The number of halogens is 3. The van der Waals surface area contributed by atoms with Crippen LogP contribution in [-0.2, 0) is 0 Å².